The molecule has 0 aromatic carbocycles. The van der Waals surface area contributed by atoms with Crippen molar-refractivity contribution in [1.82, 2.24) is 19.6 Å². The second-order valence-corrected chi connectivity index (χ2v) is 8.77. The SMILES string of the molecule is S=c1scnn1CN1CCN(Cc2ccc(Br)s2)CC1. The zero-order valence-corrected chi connectivity index (χ0v) is 14.9. The molecular weight excluding hydrogens is 376 g/mol. The van der Waals surface area contributed by atoms with Crippen LogP contribution in [0.3, 0.4) is 0 Å². The molecule has 0 amide bonds. The number of nitrogens with zero attached hydrogens (tertiary/aromatic N) is 4. The van der Waals surface area contributed by atoms with Gasteiger partial charge in [-0.05, 0) is 40.3 Å². The van der Waals surface area contributed by atoms with E-state index in [9.17, 15) is 0 Å². The first kappa shape index (κ1) is 14.8. The maximum atomic E-state index is 5.24. The molecule has 0 radical (unpaired) electrons. The largest absolute Gasteiger partial charge is 0.296 e. The van der Waals surface area contributed by atoms with Crippen molar-refractivity contribution in [2.24, 2.45) is 0 Å². The maximum Gasteiger partial charge on any atom is 0.180 e. The molecule has 20 heavy (non-hydrogen) atoms. The fourth-order valence-corrected chi connectivity index (χ4v) is 4.50. The molecule has 0 bridgehead atoms. The van der Waals surface area contributed by atoms with E-state index < -0.39 is 0 Å². The molecule has 1 fully saturated rings. The lowest BCUT2D eigenvalue weighted by Gasteiger charge is -2.34. The average Bonchev–Trinajstić information content (AvgIpc) is 3.02. The molecule has 3 heterocycles. The van der Waals surface area contributed by atoms with Gasteiger partial charge in [0.05, 0.1) is 10.5 Å². The molecule has 0 unspecified atom stereocenters. The molecule has 3 rings (SSSR count). The van der Waals surface area contributed by atoms with Crippen LogP contribution in [0.25, 0.3) is 0 Å². The summed E-state index contributed by atoms with van der Waals surface area (Å²) in [7, 11) is 0. The number of halogens is 1. The smallest absolute Gasteiger partial charge is 0.180 e. The van der Waals surface area contributed by atoms with Crippen LogP contribution in [0.1, 0.15) is 4.88 Å². The van der Waals surface area contributed by atoms with E-state index >= 15 is 0 Å². The van der Waals surface area contributed by atoms with Crippen LogP contribution in [-0.4, -0.2) is 45.8 Å². The van der Waals surface area contributed by atoms with Crippen molar-refractivity contribution < 1.29 is 0 Å². The van der Waals surface area contributed by atoms with Crippen molar-refractivity contribution >= 4 is 50.8 Å². The fraction of sp³-hybridized carbons (Fsp3) is 0.500. The highest BCUT2D eigenvalue weighted by molar-refractivity contribution is 9.11. The molecule has 0 saturated carbocycles. The summed E-state index contributed by atoms with van der Waals surface area (Å²) in [5, 5.41) is 4.27. The van der Waals surface area contributed by atoms with Gasteiger partial charge in [0.1, 0.15) is 5.51 Å². The Morgan fingerprint density at radius 2 is 1.95 bits per heavy atom. The van der Waals surface area contributed by atoms with Gasteiger partial charge in [0.15, 0.2) is 3.95 Å². The number of hydrogen-bond donors (Lipinski definition) is 0. The number of rotatable bonds is 4. The number of piperazine rings is 1. The Balaban J connectivity index is 1.49. The van der Waals surface area contributed by atoms with Gasteiger partial charge < -0.3 is 0 Å². The molecule has 1 saturated heterocycles. The standard InChI is InChI=1S/C12H15BrN4S3/c13-11-2-1-10(20-11)7-15-3-5-16(6-4-15)9-17-12(18)19-8-14-17/h1-2,8H,3-7,9H2. The molecule has 108 valence electrons. The molecule has 0 atom stereocenters. The van der Waals surface area contributed by atoms with E-state index in [4.69, 9.17) is 12.2 Å². The van der Waals surface area contributed by atoms with Crippen LogP contribution in [0.2, 0.25) is 0 Å². The first-order valence-electron chi connectivity index (χ1n) is 6.40. The zero-order valence-electron chi connectivity index (χ0n) is 10.9. The third-order valence-electron chi connectivity index (χ3n) is 3.36. The number of thiophene rings is 1. The summed E-state index contributed by atoms with van der Waals surface area (Å²) in [5.74, 6) is 0. The first-order valence-corrected chi connectivity index (χ1v) is 9.30. The third kappa shape index (κ3) is 3.75. The van der Waals surface area contributed by atoms with Gasteiger partial charge in [0.2, 0.25) is 0 Å². The highest BCUT2D eigenvalue weighted by Crippen LogP contribution is 2.23. The van der Waals surface area contributed by atoms with E-state index in [0.29, 0.717) is 0 Å². The summed E-state index contributed by atoms with van der Waals surface area (Å²) >= 11 is 12.1. The molecule has 1 aliphatic rings. The van der Waals surface area contributed by atoms with Gasteiger partial charge in [0, 0.05) is 37.6 Å². The normalized spacial score (nSPS) is 17.6. The van der Waals surface area contributed by atoms with Crippen LogP contribution in [-0.2, 0) is 13.2 Å². The Bertz CT molecular complexity index is 612. The molecule has 2 aromatic rings. The van der Waals surface area contributed by atoms with E-state index in [2.05, 4.69) is 43.0 Å². The van der Waals surface area contributed by atoms with E-state index in [0.717, 1.165) is 43.3 Å². The van der Waals surface area contributed by atoms with Crippen LogP contribution in [0, 0.1) is 3.95 Å². The van der Waals surface area contributed by atoms with E-state index in [1.165, 1.54) is 20.0 Å². The van der Waals surface area contributed by atoms with Gasteiger partial charge in [-0.1, -0.05) is 11.3 Å². The summed E-state index contributed by atoms with van der Waals surface area (Å²) < 4.78 is 3.98. The topological polar surface area (TPSA) is 24.3 Å². The van der Waals surface area contributed by atoms with E-state index in [1.807, 2.05) is 21.5 Å². The van der Waals surface area contributed by atoms with Crippen molar-refractivity contribution in [3.8, 4) is 0 Å². The quantitative estimate of drug-likeness (QED) is 0.747. The van der Waals surface area contributed by atoms with Crippen molar-refractivity contribution in [1.29, 1.82) is 0 Å². The Labute approximate surface area is 139 Å². The first-order chi connectivity index (χ1) is 9.70. The van der Waals surface area contributed by atoms with Gasteiger partial charge in [-0.15, -0.1) is 11.3 Å². The van der Waals surface area contributed by atoms with Crippen LogP contribution >= 0.6 is 50.8 Å². The lowest BCUT2D eigenvalue weighted by molar-refractivity contribution is 0.0991. The summed E-state index contributed by atoms with van der Waals surface area (Å²) in [6.45, 7) is 6.23. The molecule has 4 nitrogen and oxygen atoms in total. The Kier molecular flexibility index (Phi) is 5.00. The van der Waals surface area contributed by atoms with Gasteiger partial charge in [0.25, 0.3) is 0 Å². The predicted molar refractivity (Wildman–Crippen MR) is 89.8 cm³/mol. The lowest BCUT2D eigenvalue weighted by atomic mass is 10.3. The monoisotopic (exact) mass is 390 g/mol. The van der Waals surface area contributed by atoms with Crippen molar-refractivity contribution in [2.45, 2.75) is 13.2 Å². The van der Waals surface area contributed by atoms with Gasteiger partial charge in [-0.3, -0.25) is 9.80 Å². The third-order valence-corrected chi connectivity index (χ3v) is 6.08. The Morgan fingerprint density at radius 1 is 1.20 bits per heavy atom. The van der Waals surface area contributed by atoms with Crippen molar-refractivity contribution in [2.75, 3.05) is 26.2 Å². The summed E-state index contributed by atoms with van der Waals surface area (Å²) in [6, 6.07) is 4.33. The van der Waals surface area contributed by atoms with Crippen LogP contribution in [0.4, 0.5) is 0 Å². The minimum absolute atomic E-state index is 0.820. The van der Waals surface area contributed by atoms with Crippen LogP contribution in [0.5, 0.6) is 0 Å². The summed E-state index contributed by atoms with van der Waals surface area (Å²) in [4.78, 5) is 6.35. The van der Waals surface area contributed by atoms with Gasteiger partial charge in [-0.2, -0.15) is 5.10 Å². The van der Waals surface area contributed by atoms with Crippen molar-refractivity contribution in [3.05, 3.63) is 30.3 Å². The van der Waals surface area contributed by atoms with Gasteiger partial charge >= 0.3 is 0 Å². The molecule has 0 aliphatic carbocycles. The predicted octanol–water partition coefficient (Wildman–Crippen LogP) is 3.27. The molecule has 0 N–H and O–H groups in total. The Hall–Kier alpha value is -0.120. The average molecular weight is 391 g/mol. The maximum absolute atomic E-state index is 5.24. The van der Waals surface area contributed by atoms with E-state index in [-0.39, 0.29) is 0 Å². The lowest BCUT2D eigenvalue weighted by Crippen LogP contribution is -2.46. The summed E-state index contributed by atoms with van der Waals surface area (Å²) in [6.07, 6.45) is 0. The number of hydrogen-bond acceptors (Lipinski definition) is 6. The van der Waals surface area contributed by atoms with Gasteiger partial charge in [-0.25, -0.2) is 4.68 Å². The van der Waals surface area contributed by atoms with Crippen molar-refractivity contribution in [3.63, 3.8) is 0 Å². The fourth-order valence-electron chi connectivity index (χ4n) is 2.26. The molecular formula is C12H15BrN4S3. The van der Waals surface area contributed by atoms with Crippen LogP contribution < -0.4 is 0 Å². The number of aromatic nitrogens is 2. The van der Waals surface area contributed by atoms with E-state index in [1.54, 1.807) is 0 Å². The second-order valence-electron chi connectivity index (χ2n) is 4.75. The molecule has 8 heteroatoms. The summed E-state index contributed by atoms with van der Waals surface area (Å²) in [5.41, 5.74) is 1.81. The molecule has 2 aromatic heterocycles. The second kappa shape index (κ2) is 6.76. The highest BCUT2D eigenvalue weighted by Gasteiger charge is 2.18. The molecule has 1 aliphatic heterocycles. The zero-order chi connectivity index (χ0) is 13.9. The highest BCUT2D eigenvalue weighted by atomic mass is 79.9. The minimum Gasteiger partial charge on any atom is -0.296 e. The Morgan fingerprint density at radius 3 is 2.55 bits per heavy atom. The molecule has 0 spiro atoms. The van der Waals surface area contributed by atoms with Crippen LogP contribution in [0.15, 0.2) is 21.4 Å². The minimum atomic E-state index is 0.820.